The summed E-state index contributed by atoms with van der Waals surface area (Å²) in [6.07, 6.45) is 1.89. The maximum absolute atomic E-state index is 12.4. The molecule has 4 rings (SSSR count). The van der Waals surface area contributed by atoms with E-state index in [2.05, 4.69) is 46.8 Å². The van der Waals surface area contributed by atoms with Crippen LogP contribution in [0.25, 0.3) is 16.8 Å². The Labute approximate surface area is 216 Å². The van der Waals surface area contributed by atoms with E-state index in [0.717, 1.165) is 11.1 Å². The summed E-state index contributed by atoms with van der Waals surface area (Å²) in [5.41, 5.74) is 4.37. The number of pyridine rings is 1. The van der Waals surface area contributed by atoms with Crippen molar-refractivity contribution >= 4 is 29.1 Å². The van der Waals surface area contributed by atoms with E-state index in [1.54, 1.807) is 29.8 Å². The Hall–Kier alpha value is -4.40. The molecule has 0 unspecified atom stereocenters. The number of nitrogens with one attached hydrogen (secondary N) is 3. The fourth-order valence-electron chi connectivity index (χ4n) is 3.69. The zero-order valence-electron chi connectivity index (χ0n) is 21.8. The molecule has 0 fully saturated rings. The summed E-state index contributed by atoms with van der Waals surface area (Å²) in [6, 6.07) is 16.5. The molecule has 9 heteroatoms. The van der Waals surface area contributed by atoms with Crippen molar-refractivity contribution in [2.75, 3.05) is 25.5 Å². The molecule has 2 aromatic heterocycles. The minimum atomic E-state index is -0.163. The highest BCUT2D eigenvalue weighted by atomic mass is 16.5. The molecule has 0 aliphatic heterocycles. The zero-order valence-corrected chi connectivity index (χ0v) is 21.8. The Morgan fingerprint density at radius 3 is 2.27 bits per heavy atom. The first-order valence-electron chi connectivity index (χ1n) is 12.1. The first-order valence-corrected chi connectivity index (χ1v) is 12.1. The highest BCUT2D eigenvalue weighted by Crippen LogP contribution is 2.28. The van der Waals surface area contributed by atoms with E-state index in [4.69, 9.17) is 4.74 Å². The van der Waals surface area contributed by atoms with Gasteiger partial charge in [-0.2, -0.15) is 4.98 Å². The molecular formula is C28H32N6O3. The predicted octanol–water partition coefficient (Wildman–Crippen LogP) is 4.67. The first kappa shape index (κ1) is 25.7. The van der Waals surface area contributed by atoms with Gasteiger partial charge in [0.25, 0.3) is 11.8 Å². The van der Waals surface area contributed by atoms with Gasteiger partial charge in [0.15, 0.2) is 5.65 Å². The van der Waals surface area contributed by atoms with E-state index in [1.165, 1.54) is 0 Å². The smallest absolute Gasteiger partial charge is 0.251 e. The predicted molar refractivity (Wildman–Crippen MR) is 144 cm³/mol. The van der Waals surface area contributed by atoms with Gasteiger partial charge in [0, 0.05) is 36.0 Å². The van der Waals surface area contributed by atoms with Crippen LogP contribution in [-0.4, -0.2) is 46.6 Å². The Morgan fingerprint density at radius 1 is 0.919 bits per heavy atom. The van der Waals surface area contributed by atoms with Crippen LogP contribution in [0, 0.1) is 5.41 Å². The Balaban J connectivity index is 1.51. The Kier molecular flexibility index (Phi) is 7.42. The van der Waals surface area contributed by atoms with E-state index >= 15 is 0 Å². The number of rotatable bonds is 8. The third-order valence-corrected chi connectivity index (χ3v) is 5.64. The van der Waals surface area contributed by atoms with Crippen LogP contribution in [-0.2, 0) is 0 Å². The molecule has 3 N–H and O–H groups in total. The SMILES string of the molecule is CCNC(=O)c1ccc(Nc2nc3ccc(-c4ccc(C(=O)NCC(C)(C)C)cc4)cn3n2)c(OC)c1. The third kappa shape index (κ3) is 6.24. The molecule has 0 radical (unpaired) electrons. The second kappa shape index (κ2) is 10.7. The van der Waals surface area contributed by atoms with Crippen LogP contribution in [0.4, 0.5) is 11.6 Å². The van der Waals surface area contributed by atoms with Gasteiger partial charge in [-0.05, 0) is 60.4 Å². The van der Waals surface area contributed by atoms with Gasteiger partial charge >= 0.3 is 0 Å². The van der Waals surface area contributed by atoms with Crippen LogP contribution in [0.1, 0.15) is 48.4 Å². The number of anilines is 2. The number of carbonyl (C=O) groups is 2. The molecule has 0 atom stereocenters. The molecule has 2 heterocycles. The lowest BCUT2D eigenvalue weighted by atomic mass is 9.97. The van der Waals surface area contributed by atoms with Crippen LogP contribution in [0.5, 0.6) is 5.75 Å². The van der Waals surface area contributed by atoms with Gasteiger partial charge in [-0.1, -0.05) is 32.9 Å². The van der Waals surface area contributed by atoms with Gasteiger partial charge in [-0.3, -0.25) is 9.59 Å². The van der Waals surface area contributed by atoms with Crippen LogP contribution in [0.2, 0.25) is 0 Å². The quantitative estimate of drug-likeness (QED) is 0.324. The van der Waals surface area contributed by atoms with E-state index in [9.17, 15) is 9.59 Å². The molecule has 192 valence electrons. The molecule has 0 saturated heterocycles. The second-order valence-corrected chi connectivity index (χ2v) is 9.88. The van der Waals surface area contributed by atoms with Gasteiger partial charge in [-0.25, -0.2) is 4.52 Å². The standard InChI is InChI=1S/C28H32N6O3/c1-6-29-26(36)20-11-13-22(23(15-20)37-5)31-27-32-24-14-12-21(16-34(24)33-27)18-7-9-19(10-8-18)25(35)30-17-28(2,3)4/h7-16H,6,17H2,1-5H3,(H,29,36)(H,30,35)(H,31,33). The highest BCUT2D eigenvalue weighted by molar-refractivity contribution is 5.95. The van der Waals surface area contributed by atoms with Crippen molar-refractivity contribution in [2.24, 2.45) is 5.41 Å². The fourth-order valence-corrected chi connectivity index (χ4v) is 3.69. The maximum atomic E-state index is 12.4. The number of hydrogen-bond donors (Lipinski definition) is 3. The number of hydrogen-bond acceptors (Lipinski definition) is 6. The number of benzene rings is 2. The molecular weight excluding hydrogens is 468 g/mol. The summed E-state index contributed by atoms with van der Waals surface area (Å²) < 4.78 is 7.15. The molecule has 2 aromatic carbocycles. The number of carbonyl (C=O) groups excluding carboxylic acids is 2. The summed E-state index contributed by atoms with van der Waals surface area (Å²) in [6.45, 7) is 9.27. The van der Waals surface area contributed by atoms with Crippen molar-refractivity contribution in [1.82, 2.24) is 25.2 Å². The highest BCUT2D eigenvalue weighted by Gasteiger charge is 2.14. The van der Waals surface area contributed by atoms with Crippen molar-refractivity contribution in [3.8, 4) is 16.9 Å². The van der Waals surface area contributed by atoms with E-state index < -0.39 is 0 Å². The van der Waals surface area contributed by atoms with Gasteiger partial charge in [-0.15, -0.1) is 5.10 Å². The summed E-state index contributed by atoms with van der Waals surface area (Å²) in [5, 5.41) is 13.5. The number of nitrogens with zero attached hydrogens (tertiary/aromatic N) is 3. The van der Waals surface area contributed by atoms with Crippen molar-refractivity contribution in [1.29, 1.82) is 0 Å². The monoisotopic (exact) mass is 500 g/mol. The fraction of sp³-hybridized carbons (Fsp3) is 0.286. The molecule has 37 heavy (non-hydrogen) atoms. The molecule has 4 aromatic rings. The molecule has 0 saturated carbocycles. The van der Waals surface area contributed by atoms with Crippen LogP contribution < -0.4 is 20.7 Å². The molecule has 0 spiro atoms. The van der Waals surface area contributed by atoms with Crippen LogP contribution in [0.15, 0.2) is 60.8 Å². The zero-order chi connectivity index (χ0) is 26.6. The topological polar surface area (TPSA) is 110 Å². The maximum Gasteiger partial charge on any atom is 0.251 e. The number of methoxy groups -OCH3 is 1. The van der Waals surface area contributed by atoms with E-state index in [-0.39, 0.29) is 17.2 Å². The number of amides is 2. The summed E-state index contributed by atoms with van der Waals surface area (Å²) >= 11 is 0. The van der Waals surface area contributed by atoms with Gasteiger partial charge in [0.1, 0.15) is 5.75 Å². The first-order chi connectivity index (χ1) is 17.7. The van der Waals surface area contributed by atoms with Crippen molar-refractivity contribution < 1.29 is 14.3 Å². The van der Waals surface area contributed by atoms with Crippen LogP contribution in [0.3, 0.4) is 0 Å². The minimum absolute atomic E-state index is 0.0241. The Bertz CT molecular complexity index is 1420. The summed E-state index contributed by atoms with van der Waals surface area (Å²) in [4.78, 5) is 29.1. The average molecular weight is 501 g/mol. The molecule has 0 aliphatic rings. The lowest BCUT2D eigenvalue weighted by molar-refractivity contribution is 0.0936. The van der Waals surface area contributed by atoms with Gasteiger partial charge in [0.05, 0.1) is 12.8 Å². The third-order valence-electron chi connectivity index (χ3n) is 5.64. The summed E-state index contributed by atoms with van der Waals surface area (Å²) in [7, 11) is 1.55. The summed E-state index contributed by atoms with van der Waals surface area (Å²) in [5.74, 6) is 0.657. The average Bonchev–Trinajstić information content (AvgIpc) is 3.29. The number of aromatic nitrogens is 3. The van der Waals surface area contributed by atoms with Crippen molar-refractivity contribution in [3.05, 3.63) is 71.9 Å². The molecule has 0 bridgehead atoms. The van der Waals surface area contributed by atoms with Gasteiger partial charge in [0.2, 0.25) is 5.95 Å². The van der Waals surface area contributed by atoms with Gasteiger partial charge < -0.3 is 20.7 Å². The van der Waals surface area contributed by atoms with Crippen LogP contribution >= 0.6 is 0 Å². The molecule has 2 amide bonds. The van der Waals surface area contributed by atoms with Crippen molar-refractivity contribution in [2.45, 2.75) is 27.7 Å². The molecule has 0 aliphatic carbocycles. The normalized spacial score (nSPS) is 11.3. The van der Waals surface area contributed by atoms with E-state index in [0.29, 0.717) is 47.2 Å². The number of ether oxygens (including phenoxy) is 1. The Morgan fingerprint density at radius 2 is 1.59 bits per heavy atom. The van der Waals surface area contributed by atoms with Crippen molar-refractivity contribution in [3.63, 3.8) is 0 Å². The lowest BCUT2D eigenvalue weighted by Gasteiger charge is -2.18. The lowest BCUT2D eigenvalue weighted by Crippen LogP contribution is -2.32. The minimum Gasteiger partial charge on any atom is -0.495 e. The van der Waals surface area contributed by atoms with E-state index in [1.807, 2.05) is 49.5 Å². The largest absolute Gasteiger partial charge is 0.495 e. The number of fused-ring (bicyclic) bond motifs is 1. The molecule has 9 nitrogen and oxygen atoms in total. The second-order valence-electron chi connectivity index (χ2n) is 9.88.